The van der Waals surface area contributed by atoms with Crippen LogP contribution in [0.15, 0.2) is 30.3 Å². The van der Waals surface area contributed by atoms with Gasteiger partial charge in [-0.1, -0.05) is 44.2 Å². The van der Waals surface area contributed by atoms with E-state index >= 15 is 0 Å². The van der Waals surface area contributed by atoms with Gasteiger partial charge in [0.1, 0.15) is 11.6 Å². The minimum Gasteiger partial charge on any atom is -0.458 e. The number of esters is 1. The zero-order valence-corrected chi connectivity index (χ0v) is 20.2. The van der Waals surface area contributed by atoms with Crippen LogP contribution in [0.1, 0.15) is 59.4 Å². The predicted molar refractivity (Wildman–Crippen MR) is 123 cm³/mol. The number of nitrogens with zero attached hydrogens (tertiary/aromatic N) is 1. The lowest BCUT2D eigenvalue weighted by atomic mass is 9.94. The van der Waals surface area contributed by atoms with E-state index in [4.69, 9.17) is 9.47 Å². The highest BCUT2D eigenvalue weighted by Crippen LogP contribution is 2.27. The number of methoxy groups -OCH3 is 1. The molecule has 0 aromatic heterocycles. The van der Waals surface area contributed by atoms with Gasteiger partial charge in [0, 0.05) is 26.5 Å². The summed E-state index contributed by atoms with van der Waals surface area (Å²) in [6.07, 6.45) is 1.98. The fourth-order valence-electron chi connectivity index (χ4n) is 4.21. The van der Waals surface area contributed by atoms with Crippen LogP contribution in [0, 0.1) is 5.92 Å². The molecule has 0 radical (unpaired) electrons. The molecule has 1 heterocycles. The van der Waals surface area contributed by atoms with E-state index < -0.39 is 29.6 Å². The number of carbonyl (C=O) groups is 3. The molecule has 1 aromatic rings. The first-order valence-electron chi connectivity index (χ1n) is 11.5. The van der Waals surface area contributed by atoms with Crippen molar-refractivity contribution in [2.24, 2.45) is 5.92 Å². The summed E-state index contributed by atoms with van der Waals surface area (Å²) < 4.78 is 11.3. The van der Waals surface area contributed by atoms with Crippen molar-refractivity contribution in [3.63, 3.8) is 0 Å². The molecule has 1 fully saturated rings. The minimum absolute atomic E-state index is 0.0675. The SMILES string of the molecule is CCC(=O)N1CCC[C@H]1[C@H](OC)[C@@H](C)C(=O)N[C@@H](Cc1ccccc1)C(=O)OC(C)(C)C. The molecule has 1 N–H and O–H groups in total. The number of nitrogens with one attached hydrogen (secondary N) is 1. The van der Waals surface area contributed by atoms with Gasteiger partial charge in [-0.05, 0) is 39.2 Å². The second-order valence-corrected chi connectivity index (χ2v) is 9.42. The molecule has 2 rings (SSSR count). The minimum atomic E-state index is -0.818. The van der Waals surface area contributed by atoms with Crippen molar-refractivity contribution in [3.05, 3.63) is 35.9 Å². The number of hydrogen-bond donors (Lipinski definition) is 1. The van der Waals surface area contributed by atoms with Crippen LogP contribution in [0.2, 0.25) is 0 Å². The van der Waals surface area contributed by atoms with E-state index in [1.807, 2.05) is 42.2 Å². The van der Waals surface area contributed by atoms with Crippen molar-refractivity contribution in [2.45, 2.75) is 84.1 Å². The van der Waals surface area contributed by atoms with Crippen LogP contribution in [0.25, 0.3) is 0 Å². The summed E-state index contributed by atoms with van der Waals surface area (Å²) in [5.74, 6) is -1.24. The molecule has 1 saturated heterocycles. The van der Waals surface area contributed by atoms with Crippen molar-refractivity contribution in [3.8, 4) is 0 Å². The number of amides is 2. The molecule has 7 nitrogen and oxygen atoms in total. The van der Waals surface area contributed by atoms with Gasteiger partial charge in [0.15, 0.2) is 0 Å². The lowest BCUT2D eigenvalue weighted by Gasteiger charge is -2.34. The first kappa shape index (κ1) is 25.8. The highest BCUT2D eigenvalue weighted by atomic mass is 16.6. The van der Waals surface area contributed by atoms with E-state index in [0.717, 1.165) is 18.4 Å². The summed E-state index contributed by atoms with van der Waals surface area (Å²) in [5.41, 5.74) is 0.262. The largest absolute Gasteiger partial charge is 0.458 e. The van der Waals surface area contributed by atoms with Crippen molar-refractivity contribution in [1.82, 2.24) is 10.2 Å². The van der Waals surface area contributed by atoms with Crippen LogP contribution in [0.3, 0.4) is 0 Å². The average molecular weight is 447 g/mol. The summed E-state index contributed by atoms with van der Waals surface area (Å²) in [5, 5.41) is 2.89. The standard InChI is InChI=1S/C25H38N2O5/c1-7-21(28)27-15-11-14-20(27)22(31-6)17(2)23(29)26-19(24(30)32-25(3,4)5)16-18-12-9-8-10-13-18/h8-10,12-13,17,19-20,22H,7,11,14-16H2,1-6H3,(H,26,29)/t17-,19+,20+,22-/m1/s1. The Hall–Kier alpha value is -2.41. The lowest BCUT2D eigenvalue weighted by molar-refractivity contribution is -0.159. The van der Waals surface area contributed by atoms with Crippen molar-refractivity contribution >= 4 is 17.8 Å². The predicted octanol–water partition coefficient (Wildman–Crippen LogP) is 3.11. The van der Waals surface area contributed by atoms with Crippen LogP contribution in [0.4, 0.5) is 0 Å². The van der Waals surface area contributed by atoms with E-state index in [-0.39, 0.29) is 17.9 Å². The Labute approximate surface area is 191 Å². The number of carbonyl (C=O) groups excluding carboxylic acids is 3. The second-order valence-electron chi connectivity index (χ2n) is 9.42. The van der Waals surface area contributed by atoms with Crippen LogP contribution in [0.5, 0.6) is 0 Å². The molecular formula is C25H38N2O5. The number of likely N-dealkylation sites (tertiary alicyclic amines) is 1. The molecule has 0 unspecified atom stereocenters. The molecule has 2 amide bonds. The number of rotatable bonds is 9. The van der Waals surface area contributed by atoms with Gasteiger partial charge in [0.2, 0.25) is 11.8 Å². The first-order chi connectivity index (χ1) is 15.1. The third-order valence-electron chi connectivity index (χ3n) is 5.77. The summed E-state index contributed by atoms with van der Waals surface area (Å²) in [6.45, 7) is 9.70. The Balaban J connectivity index is 2.17. The smallest absolute Gasteiger partial charge is 0.329 e. The van der Waals surface area contributed by atoms with Crippen LogP contribution < -0.4 is 5.32 Å². The number of ether oxygens (including phenoxy) is 2. The van der Waals surface area contributed by atoms with E-state index in [1.165, 1.54) is 0 Å². The lowest BCUT2D eigenvalue weighted by Crippen LogP contribution is -2.53. The number of hydrogen-bond acceptors (Lipinski definition) is 5. The van der Waals surface area contributed by atoms with Gasteiger partial charge in [-0.25, -0.2) is 4.79 Å². The van der Waals surface area contributed by atoms with Crippen LogP contribution in [-0.2, 0) is 30.3 Å². The molecule has 7 heteroatoms. The van der Waals surface area contributed by atoms with Crippen LogP contribution >= 0.6 is 0 Å². The van der Waals surface area contributed by atoms with Gasteiger partial charge < -0.3 is 19.7 Å². The average Bonchev–Trinajstić information content (AvgIpc) is 3.22. The summed E-state index contributed by atoms with van der Waals surface area (Å²) >= 11 is 0. The Morgan fingerprint density at radius 3 is 2.41 bits per heavy atom. The topological polar surface area (TPSA) is 84.9 Å². The molecule has 178 valence electrons. The zero-order valence-electron chi connectivity index (χ0n) is 20.2. The van der Waals surface area contributed by atoms with E-state index in [2.05, 4.69) is 5.32 Å². The molecule has 0 aliphatic carbocycles. The van der Waals surface area contributed by atoms with Gasteiger partial charge in [-0.15, -0.1) is 0 Å². The third-order valence-corrected chi connectivity index (χ3v) is 5.77. The van der Waals surface area contributed by atoms with Crippen molar-refractivity contribution < 1.29 is 23.9 Å². The second kappa shape index (κ2) is 11.5. The maximum Gasteiger partial charge on any atom is 0.329 e. The Morgan fingerprint density at radius 1 is 1.19 bits per heavy atom. The Kier molecular flexibility index (Phi) is 9.25. The third kappa shape index (κ3) is 7.05. The summed E-state index contributed by atoms with van der Waals surface area (Å²) in [6, 6.07) is 8.55. The molecule has 4 atom stereocenters. The molecule has 1 aliphatic heterocycles. The maximum absolute atomic E-state index is 13.2. The fraction of sp³-hybridized carbons (Fsp3) is 0.640. The maximum atomic E-state index is 13.2. The van der Waals surface area contributed by atoms with E-state index in [9.17, 15) is 14.4 Å². The molecule has 32 heavy (non-hydrogen) atoms. The number of benzene rings is 1. The van der Waals surface area contributed by atoms with Crippen molar-refractivity contribution in [1.29, 1.82) is 0 Å². The van der Waals surface area contributed by atoms with Gasteiger partial charge in [0.25, 0.3) is 0 Å². The van der Waals surface area contributed by atoms with E-state index in [1.54, 1.807) is 34.8 Å². The summed E-state index contributed by atoms with van der Waals surface area (Å²) in [7, 11) is 1.57. The van der Waals surface area contributed by atoms with E-state index in [0.29, 0.717) is 19.4 Å². The molecule has 0 saturated carbocycles. The first-order valence-corrected chi connectivity index (χ1v) is 11.5. The van der Waals surface area contributed by atoms with Gasteiger partial charge in [-0.2, -0.15) is 0 Å². The zero-order chi connectivity index (χ0) is 23.9. The molecular weight excluding hydrogens is 408 g/mol. The van der Waals surface area contributed by atoms with Crippen molar-refractivity contribution in [2.75, 3.05) is 13.7 Å². The molecule has 0 bridgehead atoms. The van der Waals surface area contributed by atoms with Gasteiger partial charge in [-0.3, -0.25) is 9.59 Å². The Morgan fingerprint density at radius 2 is 1.84 bits per heavy atom. The monoisotopic (exact) mass is 446 g/mol. The van der Waals surface area contributed by atoms with Gasteiger partial charge in [0.05, 0.1) is 18.1 Å². The van der Waals surface area contributed by atoms with Gasteiger partial charge >= 0.3 is 5.97 Å². The normalized spacial score (nSPS) is 19.2. The molecule has 1 aliphatic rings. The molecule has 0 spiro atoms. The molecule has 1 aromatic carbocycles. The highest BCUT2D eigenvalue weighted by Gasteiger charge is 2.40. The van der Waals surface area contributed by atoms with Crippen LogP contribution in [-0.4, -0.2) is 60.1 Å². The highest BCUT2D eigenvalue weighted by molar-refractivity contribution is 5.86. The Bertz CT molecular complexity index is 774. The summed E-state index contributed by atoms with van der Waals surface area (Å²) in [4.78, 5) is 40.3. The quantitative estimate of drug-likeness (QED) is 0.589. The fourth-order valence-corrected chi connectivity index (χ4v) is 4.21.